The number of carbonyl (C=O) groups is 5. The Kier molecular flexibility index (Phi) is 22.8. The molecule has 0 radical (unpaired) electrons. The summed E-state index contributed by atoms with van der Waals surface area (Å²) in [5.74, 6) is -2.52. The van der Waals surface area contributed by atoms with E-state index >= 15 is 0 Å². The first-order chi connectivity index (χ1) is 31.2. The van der Waals surface area contributed by atoms with Gasteiger partial charge in [0.1, 0.15) is 6.04 Å². The van der Waals surface area contributed by atoms with Crippen LogP contribution in [0, 0.1) is 29.6 Å². The Morgan fingerprint density at radius 3 is 1.97 bits per heavy atom. The Hall–Kier alpha value is -4.33. The van der Waals surface area contributed by atoms with Gasteiger partial charge in [0.2, 0.25) is 17.7 Å². The number of anilines is 1. The van der Waals surface area contributed by atoms with Crippen LogP contribution in [0.1, 0.15) is 106 Å². The molecule has 2 aromatic carbocycles. The monoisotopic (exact) mass is 920 g/mol. The lowest BCUT2D eigenvalue weighted by molar-refractivity contribution is -0.150. The van der Waals surface area contributed by atoms with Crippen molar-refractivity contribution < 1.29 is 38.2 Å². The second-order valence-electron chi connectivity index (χ2n) is 19.7. The summed E-state index contributed by atoms with van der Waals surface area (Å²) in [5.41, 5.74) is 3.25. The molecule has 1 aliphatic rings. The molecule has 1 fully saturated rings. The van der Waals surface area contributed by atoms with Crippen LogP contribution in [0.25, 0.3) is 0 Å². The summed E-state index contributed by atoms with van der Waals surface area (Å²) in [4.78, 5) is 77.9. The highest BCUT2D eigenvalue weighted by atomic mass is 16.5. The SMILES string of the molecule is CC[C@H](C)[C@@H]([C@@H](CC(=O)N1CCC[C@H]1[C@H](OC)[C@@H](C)C(=O)N[C@@H](Cc1ccccc1)C(=O)OC)OC)N(C)C(=O)[C@@H](CC(=O)[C@H](C(C)C)N(C)CCc1ccc(N(C)C(C)C)cc1)C(C)C. The van der Waals surface area contributed by atoms with Crippen molar-refractivity contribution in [2.45, 2.75) is 150 Å². The fourth-order valence-electron chi connectivity index (χ4n) is 9.77. The molecule has 9 atom stereocenters. The molecule has 1 N–H and O–H groups in total. The van der Waals surface area contributed by atoms with Gasteiger partial charge in [-0.1, -0.05) is 97.4 Å². The van der Waals surface area contributed by atoms with Gasteiger partial charge >= 0.3 is 5.97 Å². The molecule has 0 aromatic heterocycles. The van der Waals surface area contributed by atoms with Crippen LogP contribution in [-0.4, -0.2) is 142 Å². The zero-order chi connectivity index (χ0) is 49.4. The maximum atomic E-state index is 14.7. The van der Waals surface area contributed by atoms with Crippen LogP contribution < -0.4 is 10.2 Å². The number of ether oxygens (including phenoxy) is 3. The first-order valence-corrected chi connectivity index (χ1v) is 24.3. The fourth-order valence-corrected chi connectivity index (χ4v) is 9.77. The van der Waals surface area contributed by atoms with Gasteiger partial charge in [-0.05, 0) is 81.2 Å². The first kappa shape index (κ1) is 56.0. The molecule has 0 spiro atoms. The maximum Gasteiger partial charge on any atom is 0.328 e. The van der Waals surface area contributed by atoms with Crippen molar-refractivity contribution in [1.29, 1.82) is 0 Å². The van der Waals surface area contributed by atoms with Gasteiger partial charge in [0, 0.05) is 71.9 Å². The Labute approximate surface area is 397 Å². The molecule has 13 nitrogen and oxygen atoms in total. The van der Waals surface area contributed by atoms with E-state index in [9.17, 15) is 24.0 Å². The average Bonchev–Trinajstić information content (AvgIpc) is 3.78. The topological polar surface area (TPSA) is 138 Å². The van der Waals surface area contributed by atoms with Crippen LogP contribution in [0.3, 0.4) is 0 Å². The predicted molar refractivity (Wildman–Crippen MR) is 263 cm³/mol. The number of hydrogen-bond acceptors (Lipinski definition) is 10. The number of amides is 3. The van der Waals surface area contributed by atoms with E-state index in [0.29, 0.717) is 25.6 Å². The van der Waals surface area contributed by atoms with Crippen LogP contribution in [0.15, 0.2) is 54.6 Å². The molecule has 2 aromatic rings. The maximum absolute atomic E-state index is 14.7. The summed E-state index contributed by atoms with van der Waals surface area (Å²) in [6.45, 7) is 19.5. The molecule has 0 bridgehead atoms. The number of hydrogen-bond donors (Lipinski definition) is 1. The van der Waals surface area contributed by atoms with Gasteiger partial charge in [-0.15, -0.1) is 0 Å². The van der Waals surface area contributed by atoms with Crippen molar-refractivity contribution in [1.82, 2.24) is 20.0 Å². The molecule has 3 rings (SSSR count). The minimum Gasteiger partial charge on any atom is -0.467 e. The Morgan fingerprint density at radius 1 is 0.803 bits per heavy atom. The fraction of sp³-hybridized carbons (Fsp3) is 0.679. The molecule has 370 valence electrons. The molecular weight excluding hydrogens is 835 g/mol. The van der Waals surface area contributed by atoms with Crippen molar-refractivity contribution in [2.24, 2.45) is 29.6 Å². The van der Waals surface area contributed by atoms with Gasteiger partial charge < -0.3 is 34.2 Å². The van der Waals surface area contributed by atoms with Crippen LogP contribution in [0.4, 0.5) is 5.69 Å². The largest absolute Gasteiger partial charge is 0.467 e. The minimum absolute atomic E-state index is 0.0147. The number of rotatable bonds is 27. The number of ketones is 1. The van der Waals surface area contributed by atoms with Crippen molar-refractivity contribution in [3.63, 3.8) is 0 Å². The summed E-state index contributed by atoms with van der Waals surface area (Å²) in [6.07, 6.45) is 2.01. The first-order valence-electron chi connectivity index (χ1n) is 24.3. The number of likely N-dealkylation sites (N-methyl/N-ethyl adjacent to an activating group) is 2. The van der Waals surface area contributed by atoms with E-state index in [1.807, 2.05) is 51.2 Å². The number of nitrogens with one attached hydrogen (secondary N) is 1. The van der Waals surface area contributed by atoms with Crippen molar-refractivity contribution in [3.05, 3.63) is 65.7 Å². The number of benzene rings is 2. The summed E-state index contributed by atoms with van der Waals surface area (Å²) in [6, 6.07) is 16.3. The molecule has 1 aliphatic heterocycles. The third-order valence-corrected chi connectivity index (χ3v) is 14.2. The molecule has 3 amide bonds. The minimum atomic E-state index is -0.895. The summed E-state index contributed by atoms with van der Waals surface area (Å²) < 4.78 is 17.1. The lowest BCUT2D eigenvalue weighted by Crippen LogP contribution is -2.55. The number of nitrogens with zero attached hydrogens (tertiary/aromatic N) is 4. The molecule has 66 heavy (non-hydrogen) atoms. The number of methoxy groups -OCH3 is 3. The highest BCUT2D eigenvalue weighted by molar-refractivity contribution is 5.90. The number of Topliss-reactive ketones (excluding diaryl/α,β-unsaturated/α-hetero) is 1. The van der Waals surface area contributed by atoms with E-state index in [4.69, 9.17) is 14.2 Å². The molecule has 0 aliphatic carbocycles. The highest BCUT2D eigenvalue weighted by Crippen LogP contribution is 2.31. The zero-order valence-corrected chi connectivity index (χ0v) is 43.0. The lowest BCUT2D eigenvalue weighted by atomic mass is 9.83. The van der Waals surface area contributed by atoms with Crippen LogP contribution >= 0.6 is 0 Å². The van der Waals surface area contributed by atoms with Crippen LogP contribution in [-0.2, 0) is 51.0 Å². The molecule has 1 saturated heterocycles. The van der Waals surface area contributed by atoms with Gasteiger partial charge in [0.25, 0.3) is 0 Å². The molecule has 0 saturated carbocycles. The second kappa shape index (κ2) is 26.9. The molecule has 0 unspecified atom stereocenters. The smallest absolute Gasteiger partial charge is 0.328 e. The summed E-state index contributed by atoms with van der Waals surface area (Å²) >= 11 is 0. The van der Waals surface area contributed by atoms with E-state index in [-0.39, 0.29) is 66.6 Å². The van der Waals surface area contributed by atoms with Gasteiger partial charge in [-0.3, -0.25) is 24.1 Å². The summed E-state index contributed by atoms with van der Waals surface area (Å²) in [5, 5.41) is 2.88. The van der Waals surface area contributed by atoms with Gasteiger partial charge in [-0.25, -0.2) is 4.79 Å². The molecule has 13 heteroatoms. The quantitative estimate of drug-likeness (QED) is 0.0926. The van der Waals surface area contributed by atoms with E-state index in [1.165, 1.54) is 18.4 Å². The van der Waals surface area contributed by atoms with Gasteiger partial charge in [0.05, 0.1) is 49.8 Å². The van der Waals surface area contributed by atoms with E-state index in [1.54, 1.807) is 38.0 Å². The Balaban J connectivity index is 1.76. The number of carbonyl (C=O) groups excluding carboxylic acids is 5. The predicted octanol–water partition coefficient (Wildman–Crippen LogP) is 7.08. The van der Waals surface area contributed by atoms with Gasteiger partial charge in [0.15, 0.2) is 5.78 Å². The third kappa shape index (κ3) is 15.1. The Morgan fingerprint density at radius 2 is 1.44 bits per heavy atom. The van der Waals surface area contributed by atoms with E-state index in [2.05, 4.69) is 88.0 Å². The molecular formula is C53H85N5O8. The number of likely N-dealkylation sites (tertiary alicyclic amines) is 1. The highest BCUT2D eigenvalue weighted by Gasteiger charge is 2.43. The van der Waals surface area contributed by atoms with Gasteiger partial charge in [-0.2, -0.15) is 0 Å². The summed E-state index contributed by atoms with van der Waals surface area (Å²) in [7, 11) is 10.3. The molecule has 1 heterocycles. The van der Waals surface area contributed by atoms with Crippen molar-refractivity contribution >= 4 is 35.2 Å². The Bertz CT molecular complexity index is 1820. The normalized spacial score (nSPS) is 17.8. The van der Waals surface area contributed by atoms with Crippen molar-refractivity contribution in [3.8, 4) is 0 Å². The number of esters is 1. The standard InChI is InChI=1S/C53H85N5O8/c1-16-37(8)49(57(12)52(62)42(34(2)3)32-45(59)48(35(4)5)55(10)30-28-39-24-26-41(27-25-39)56(11)36(6)7)46(64-13)33-47(60)58-29-20-23-44(58)50(65-14)38(9)51(61)54-43(53(63)66-15)31-40-21-18-17-19-22-40/h17-19,21-22,24-27,34-38,42-44,46,48-50H,16,20,23,28-33H2,1-15H3,(H,54,61)/t37-,38+,42-,43-,44-,46+,48-,49-,50+/m0/s1. The van der Waals surface area contributed by atoms with E-state index < -0.39 is 48.1 Å². The second-order valence-corrected chi connectivity index (χ2v) is 19.7. The van der Waals surface area contributed by atoms with Crippen LogP contribution in [0.2, 0.25) is 0 Å². The van der Waals surface area contributed by atoms with Crippen LogP contribution in [0.5, 0.6) is 0 Å². The average molecular weight is 920 g/mol. The zero-order valence-electron chi connectivity index (χ0n) is 43.0. The lowest BCUT2D eigenvalue weighted by Gasteiger charge is -2.41. The van der Waals surface area contributed by atoms with E-state index in [0.717, 1.165) is 24.8 Å². The van der Waals surface area contributed by atoms with Crippen molar-refractivity contribution in [2.75, 3.05) is 60.5 Å². The third-order valence-electron chi connectivity index (χ3n) is 14.2.